The van der Waals surface area contributed by atoms with Gasteiger partial charge in [-0.3, -0.25) is 4.79 Å². The van der Waals surface area contributed by atoms with E-state index < -0.39 is 0 Å². The van der Waals surface area contributed by atoms with Gasteiger partial charge in [-0.15, -0.1) is 0 Å². The minimum Gasteiger partial charge on any atom is -0.375 e. The highest BCUT2D eigenvalue weighted by molar-refractivity contribution is 5.48. The van der Waals surface area contributed by atoms with Gasteiger partial charge in [0.25, 0.3) is 0 Å². The smallest absolute Gasteiger partial charge is 0.209 e. The summed E-state index contributed by atoms with van der Waals surface area (Å²) in [5.41, 5.74) is 0. The van der Waals surface area contributed by atoms with Crippen molar-refractivity contribution in [3.8, 4) is 0 Å². The summed E-state index contributed by atoms with van der Waals surface area (Å²) in [5.74, 6) is 0. The summed E-state index contributed by atoms with van der Waals surface area (Å²) < 4.78 is 5.51. The molecule has 0 atom stereocenters. The highest BCUT2D eigenvalue weighted by atomic mass is 16.5. The van der Waals surface area contributed by atoms with Gasteiger partial charge in [-0.1, -0.05) is 19.8 Å². The molecule has 1 amide bonds. The van der Waals surface area contributed by atoms with Crippen molar-refractivity contribution in [2.45, 2.75) is 32.3 Å². The molecule has 1 heterocycles. The summed E-state index contributed by atoms with van der Waals surface area (Å²) >= 11 is 0. The number of rotatable bonds is 6. The third-order valence-corrected chi connectivity index (χ3v) is 2.13. The number of nitrogens with zero attached hydrogens (tertiary/aromatic N) is 1. The number of hydrogen-bond donors (Lipinski definition) is 0. The van der Waals surface area contributed by atoms with E-state index in [0.29, 0.717) is 6.10 Å². The molecule has 0 saturated carbocycles. The zero-order valence-electron chi connectivity index (χ0n) is 7.66. The van der Waals surface area contributed by atoms with E-state index in [1.165, 1.54) is 12.8 Å². The molecule has 0 aromatic carbocycles. The Morgan fingerprint density at radius 2 is 2.25 bits per heavy atom. The molecule has 0 aromatic rings. The van der Waals surface area contributed by atoms with Crippen LogP contribution in [-0.4, -0.2) is 37.1 Å². The zero-order chi connectivity index (χ0) is 8.81. The van der Waals surface area contributed by atoms with Crippen molar-refractivity contribution < 1.29 is 9.53 Å². The van der Waals surface area contributed by atoms with Gasteiger partial charge in [0, 0.05) is 19.7 Å². The lowest BCUT2D eigenvalue weighted by atomic mass is 10.2. The van der Waals surface area contributed by atoms with E-state index in [1.54, 1.807) is 4.90 Å². The van der Waals surface area contributed by atoms with Gasteiger partial charge < -0.3 is 9.64 Å². The molecule has 0 aliphatic carbocycles. The Bertz CT molecular complexity index is 132. The van der Waals surface area contributed by atoms with Crippen molar-refractivity contribution in [2.24, 2.45) is 0 Å². The maximum Gasteiger partial charge on any atom is 0.209 e. The van der Waals surface area contributed by atoms with Gasteiger partial charge >= 0.3 is 0 Å². The molecule has 3 nitrogen and oxygen atoms in total. The molecule has 0 spiro atoms. The Kier molecular flexibility index (Phi) is 4.08. The Hall–Kier alpha value is -0.570. The van der Waals surface area contributed by atoms with Crippen LogP contribution in [-0.2, 0) is 9.53 Å². The molecule has 3 heteroatoms. The molecule has 0 aromatic heterocycles. The normalized spacial score (nSPS) is 17.6. The zero-order valence-corrected chi connectivity index (χ0v) is 7.66. The van der Waals surface area contributed by atoms with Gasteiger partial charge in [0.1, 0.15) is 0 Å². The summed E-state index contributed by atoms with van der Waals surface area (Å²) in [6, 6.07) is 0. The van der Waals surface area contributed by atoms with E-state index >= 15 is 0 Å². The molecule has 0 N–H and O–H groups in total. The number of likely N-dealkylation sites (tertiary alicyclic amines) is 1. The second kappa shape index (κ2) is 5.14. The van der Waals surface area contributed by atoms with Crippen molar-refractivity contribution in [1.82, 2.24) is 4.90 Å². The lowest BCUT2D eigenvalue weighted by molar-refractivity contribution is -0.131. The molecule has 0 bridgehead atoms. The second-order valence-corrected chi connectivity index (χ2v) is 3.26. The third-order valence-electron chi connectivity index (χ3n) is 2.13. The highest BCUT2D eigenvalue weighted by Crippen LogP contribution is 2.09. The first-order chi connectivity index (χ1) is 5.86. The van der Waals surface area contributed by atoms with Crippen molar-refractivity contribution in [3.05, 3.63) is 0 Å². The first-order valence-corrected chi connectivity index (χ1v) is 4.67. The van der Waals surface area contributed by atoms with Gasteiger partial charge in [-0.2, -0.15) is 0 Å². The standard InChI is InChI=1S/C9H17NO2/c1-2-3-4-5-12-9-6-10(7-9)8-11/h8-9H,2-7H2,1H3. The van der Waals surface area contributed by atoms with Crippen molar-refractivity contribution in [3.63, 3.8) is 0 Å². The predicted octanol–water partition coefficient (Wildman–Crippen LogP) is 1.03. The largest absolute Gasteiger partial charge is 0.375 e. The van der Waals surface area contributed by atoms with Gasteiger partial charge in [-0.25, -0.2) is 0 Å². The fourth-order valence-corrected chi connectivity index (χ4v) is 1.26. The van der Waals surface area contributed by atoms with Crippen molar-refractivity contribution in [1.29, 1.82) is 0 Å². The van der Waals surface area contributed by atoms with Crippen LogP contribution in [0.5, 0.6) is 0 Å². The van der Waals surface area contributed by atoms with Crippen LogP contribution in [0.3, 0.4) is 0 Å². The Labute approximate surface area is 73.7 Å². The van der Waals surface area contributed by atoms with Gasteiger partial charge in [0.2, 0.25) is 6.41 Å². The summed E-state index contributed by atoms with van der Waals surface area (Å²) in [4.78, 5) is 11.9. The minimum absolute atomic E-state index is 0.312. The lowest BCUT2D eigenvalue weighted by Crippen LogP contribution is -2.51. The molecular formula is C9H17NO2. The van der Waals surface area contributed by atoms with Crippen molar-refractivity contribution in [2.75, 3.05) is 19.7 Å². The van der Waals surface area contributed by atoms with E-state index in [9.17, 15) is 4.79 Å². The van der Waals surface area contributed by atoms with Gasteiger partial charge in [0.05, 0.1) is 6.10 Å². The topological polar surface area (TPSA) is 29.5 Å². The Balaban J connectivity index is 1.86. The quantitative estimate of drug-likeness (QED) is 0.441. The number of amides is 1. The average molecular weight is 171 g/mol. The first-order valence-electron chi connectivity index (χ1n) is 4.67. The molecule has 1 fully saturated rings. The van der Waals surface area contributed by atoms with E-state index in [0.717, 1.165) is 32.5 Å². The fraction of sp³-hybridized carbons (Fsp3) is 0.889. The van der Waals surface area contributed by atoms with Crippen LogP contribution >= 0.6 is 0 Å². The fourth-order valence-electron chi connectivity index (χ4n) is 1.26. The van der Waals surface area contributed by atoms with Crippen LogP contribution in [0.15, 0.2) is 0 Å². The molecule has 1 rings (SSSR count). The van der Waals surface area contributed by atoms with E-state index in [4.69, 9.17) is 4.74 Å². The van der Waals surface area contributed by atoms with Crippen LogP contribution < -0.4 is 0 Å². The second-order valence-electron chi connectivity index (χ2n) is 3.26. The van der Waals surface area contributed by atoms with Crippen LogP contribution in [0, 0.1) is 0 Å². The lowest BCUT2D eigenvalue weighted by Gasteiger charge is -2.35. The minimum atomic E-state index is 0.312. The SMILES string of the molecule is CCCCCOC1CN(C=O)C1. The first kappa shape index (κ1) is 9.52. The van der Waals surface area contributed by atoms with E-state index in [1.807, 2.05) is 0 Å². The number of hydrogen-bond acceptors (Lipinski definition) is 2. The van der Waals surface area contributed by atoms with Crippen LogP contribution in [0.4, 0.5) is 0 Å². The summed E-state index contributed by atoms with van der Waals surface area (Å²) in [6.07, 6.45) is 4.81. The summed E-state index contributed by atoms with van der Waals surface area (Å²) in [5, 5.41) is 0. The van der Waals surface area contributed by atoms with Crippen LogP contribution in [0.2, 0.25) is 0 Å². The third kappa shape index (κ3) is 2.81. The molecular weight excluding hydrogens is 154 g/mol. The predicted molar refractivity (Wildman–Crippen MR) is 46.9 cm³/mol. The number of unbranched alkanes of at least 4 members (excludes halogenated alkanes) is 2. The van der Waals surface area contributed by atoms with Crippen LogP contribution in [0.1, 0.15) is 26.2 Å². The number of carbonyl (C=O) groups is 1. The van der Waals surface area contributed by atoms with Gasteiger partial charge in [-0.05, 0) is 6.42 Å². The average Bonchev–Trinajstić information content (AvgIpc) is 2.01. The maximum atomic E-state index is 10.2. The Morgan fingerprint density at radius 3 is 2.83 bits per heavy atom. The van der Waals surface area contributed by atoms with Crippen molar-refractivity contribution >= 4 is 6.41 Å². The maximum absolute atomic E-state index is 10.2. The molecule has 0 radical (unpaired) electrons. The summed E-state index contributed by atoms with van der Waals surface area (Å²) in [7, 11) is 0. The number of carbonyl (C=O) groups excluding carboxylic acids is 1. The molecule has 1 aliphatic heterocycles. The molecule has 12 heavy (non-hydrogen) atoms. The van der Waals surface area contributed by atoms with Crippen LogP contribution in [0.25, 0.3) is 0 Å². The van der Waals surface area contributed by atoms with Gasteiger partial charge in [0.15, 0.2) is 0 Å². The molecule has 1 aliphatic rings. The van der Waals surface area contributed by atoms with E-state index in [2.05, 4.69) is 6.92 Å². The number of ether oxygens (including phenoxy) is 1. The Morgan fingerprint density at radius 1 is 1.50 bits per heavy atom. The monoisotopic (exact) mass is 171 g/mol. The summed E-state index contributed by atoms with van der Waals surface area (Å²) in [6.45, 7) is 4.61. The molecule has 0 unspecified atom stereocenters. The molecule has 1 saturated heterocycles. The highest BCUT2D eigenvalue weighted by Gasteiger charge is 2.25. The molecule has 70 valence electrons. The van der Waals surface area contributed by atoms with E-state index in [-0.39, 0.29) is 0 Å².